The van der Waals surface area contributed by atoms with E-state index in [-0.39, 0.29) is 63.1 Å². The smallest absolute Gasteiger partial charge is 0.416 e. The molecule has 1 heterocycles. The molecule has 2 aromatic rings. The molecule has 200 valence electrons. The number of alkyl halides is 3. The monoisotopic (exact) mass is 540 g/mol. The number of benzene rings is 2. The van der Waals surface area contributed by atoms with Crippen LogP contribution in [0.25, 0.3) is 0 Å². The van der Waals surface area contributed by atoms with Gasteiger partial charge in [-0.3, -0.25) is 14.9 Å². The molecule has 3 rings (SSSR count). The lowest BCUT2D eigenvalue weighted by Crippen LogP contribution is -2.53. The van der Waals surface area contributed by atoms with E-state index in [4.69, 9.17) is 22.1 Å². The molecule has 0 unspecified atom stereocenters. The number of likely N-dealkylation sites (tertiary alicyclic amines) is 1. The molecular weight excluding hydrogens is 513 g/mol. The molecule has 0 atom stereocenters. The summed E-state index contributed by atoms with van der Waals surface area (Å²) in [6, 6.07) is 9.26. The van der Waals surface area contributed by atoms with Crippen LogP contribution in [0.2, 0.25) is 5.02 Å². The number of nitrogens with zero attached hydrogens (tertiary/aromatic N) is 1. The molecule has 8 nitrogen and oxygen atoms in total. The van der Waals surface area contributed by atoms with Crippen LogP contribution < -0.4 is 16.4 Å². The van der Waals surface area contributed by atoms with Crippen LogP contribution in [-0.2, 0) is 27.0 Å². The second-order valence-corrected chi connectivity index (χ2v) is 9.26. The van der Waals surface area contributed by atoms with E-state index >= 15 is 0 Å². The Hall–Kier alpha value is -3.31. The molecule has 1 fully saturated rings. The van der Waals surface area contributed by atoms with E-state index in [0.717, 1.165) is 35.4 Å². The molecule has 1 saturated heterocycles. The van der Waals surface area contributed by atoms with Gasteiger partial charge in [0.25, 0.3) is 0 Å². The molecule has 37 heavy (non-hydrogen) atoms. The molecule has 4 N–H and O–H groups in total. The first-order valence-corrected chi connectivity index (χ1v) is 11.9. The topological polar surface area (TPSA) is 114 Å². The number of amides is 3. The zero-order valence-electron chi connectivity index (χ0n) is 20.2. The number of hydrogen-bond acceptors (Lipinski definition) is 5. The van der Waals surface area contributed by atoms with Crippen LogP contribution >= 0.6 is 11.6 Å². The summed E-state index contributed by atoms with van der Waals surface area (Å²) in [5, 5.41) is 5.82. The normalized spacial score (nSPS) is 15.1. The zero-order valence-corrected chi connectivity index (χ0v) is 20.9. The van der Waals surface area contributed by atoms with Crippen molar-refractivity contribution in [1.29, 1.82) is 0 Å². The van der Waals surface area contributed by atoms with Crippen LogP contribution in [0.3, 0.4) is 0 Å². The summed E-state index contributed by atoms with van der Waals surface area (Å²) >= 11 is 6.17. The van der Waals surface area contributed by atoms with Crippen LogP contribution in [0, 0.1) is 12.3 Å². The lowest BCUT2D eigenvalue weighted by Gasteiger charge is -2.40. The van der Waals surface area contributed by atoms with E-state index in [1.54, 1.807) is 17.0 Å². The Morgan fingerprint density at radius 3 is 2.35 bits per heavy atom. The van der Waals surface area contributed by atoms with Gasteiger partial charge in [0.2, 0.25) is 11.8 Å². The summed E-state index contributed by atoms with van der Waals surface area (Å²) in [5.74, 6) is -0.599. The van der Waals surface area contributed by atoms with Crippen LogP contribution in [0.5, 0.6) is 0 Å². The number of ether oxygens (including phenoxy) is 1. The van der Waals surface area contributed by atoms with Gasteiger partial charge in [-0.2, -0.15) is 13.2 Å². The summed E-state index contributed by atoms with van der Waals surface area (Å²) in [6.07, 6.45) is -4.96. The summed E-state index contributed by atoms with van der Waals surface area (Å²) < 4.78 is 43.6. The Morgan fingerprint density at radius 1 is 1.11 bits per heavy atom. The Bertz CT molecular complexity index is 1130. The number of hydrogen-bond donors (Lipinski definition) is 3. The van der Waals surface area contributed by atoms with Crippen molar-refractivity contribution in [3.63, 3.8) is 0 Å². The van der Waals surface area contributed by atoms with Crippen LogP contribution in [0.4, 0.5) is 23.7 Å². The number of halogens is 4. The lowest BCUT2D eigenvalue weighted by molar-refractivity contribution is -0.142. The summed E-state index contributed by atoms with van der Waals surface area (Å²) in [4.78, 5) is 39.3. The van der Waals surface area contributed by atoms with Crippen molar-refractivity contribution in [2.75, 3.05) is 31.6 Å². The van der Waals surface area contributed by atoms with E-state index in [0.29, 0.717) is 5.02 Å². The second-order valence-electron chi connectivity index (χ2n) is 8.85. The maximum absolute atomic E-state index is 13.3. The van der Waals surface area contributed by atoms with Crippen molar-refractivity contribution in [1.82, 2.24) is 10.2 Å². The van der Waals surface area contributed by atoms with Crippen molar-refractivity contribution in [3.8, 4) is 0 Å². The van der Waals surface area contributed by atoms with Crippen molar-refractivity contribution >= 4 is 35.2 Å². The number of rotatable bonds is 7. The summed E-state index contributed by atoms with van der Waals surface area (Å²) in [6.45, 7) is 2.11. The van der Waals surface area contributed by atoms with Gasteiger partial charge in [0.1, 0.15) is 6.61 Å². The quantitative estimate of drug-likeness (QED) is 0.489. The lowest BCUT2D eigenvalue weighted by atomic mass is 9.78. The highest BCUT2D eigenvalue weighted by molar-refractivity contribution is 6.31. The van der Waals surface area contributed by atoms with Gasteiger partial charge in [0.05, 0.1) is 17.5 Å². The van der Waals surface area contributed by atoms with Gasteiger partial charge in [-0.05, 0) is 61.2 Å². The van der Waals surface area contributed by atoms with Crippen molar-refractivity contribution < 1.29 is 32.3 Å². The van der Waals surface area contributed by atoms with Crippen molar-refractivity contribution in [3.05, 3.63) is 64.2 Å². The number of nitrogens with two attached hydrogens (primary N) is 1. The number of carbonyl (C=O) groups excluding carboxylic acids is 3. The molecule has 0 saturated carbocycles. The van der Waals surface area contributed by atoms with E-state index in [1.807, 2.05) is 13.0 Å². The molecular formula is C25H28ClF3N4O4. The van der Waals surface area contributed by atoms with Crippen molar-refractivity contribution in [2.24, 2.45) is 11.1 Å². The number of anilines is 1. The second kappa shape index (κ2) is 11.8. The SMILES string of the molecule is Cc1c(Cl)cccc1CNC(=O)C1(COC(=O)Nc2ccc(C(F)(F)F)cc2)CCN(C(=O)CN)CC1. The van der Waals surface area contributed by atoms with Crippen LogP contribution in [0.15, 0.2) is 42.5 Å². The van der Waals surface area contributed by atoms with Gasteiger partial charge in [0, 0.05) is 30.3 Å². The molecule has 1 aliphatic rings. The highest BCUT2D eigenvalue weighted by Crippen LogP contribution is 2.33. The third-order valence-corrected chi connectivity index (χ3v) is 6.90. The first kappa shape index (κ1) is 28.3. The first-order chi connectivity index (χ1) is 17.4. The minimum atomic E-state index is -4.50. The van der Waals surface area contributed by atoms with E-state index in [1.165, 1.54) is 0 Å². The third-order valence-electron chi connectivity index (χ3n) is 6.49. The summed E-state index contributed by atoms with van der Waals surface area (Å²) in [5.41, 5.74) is 5.25. The predicted molar refractivity (Wildman–Crippen MR) is 132 cm³/mol. The maximum Gasteiger partial charge on any atom is 0.416 e. The number of nitrogens with one attached hydrogen (secondary N) is 2. The molecule has 0 bridgehead atoms. The summed E-state index contributed by atoms with van der Waals surface area (Å²) in [7, 11) is 0. The van der Waals surface area contributed by atoms with E-state index < -0.39 is 23.2 Å². The highest BCUT2D eigenvalue weighted by atomic mass is 35.5. The van der Waals surface area contributed by atoms with Crippen LogP contribution in [-0.4, -0.2) is 49.0 Å². The van der Waals surface area contributed by atoms with Gasteiger partial charge >= 0.3 is 12.3 Å². The molecule has 1 aliphatic heterocycles. The van der Waals surface area contributed by atoms with Gasteiger partial charge in [0.15, 0.2) is 0 Å². The van der Waals surface area contributed by atoms with Gasteiger partial charge < -0.3 is 20.7 Å². The fourth-order valence-electron chi connectivity index (χ4n) is 4.06. The highest BCUT2D eigenvalue weighted by Gasteiger charge is 2.43. The number of carbonyl (C=O) groups is 3. The van der Waals surface area contributed by atoms with Gasteiger partial charge in [-0.25, -0.2) is 4.79 Å². The van der Waals surface area contributed by atoms with Crippen LogP contribution in [0.1, 0.15) is 29.5 Å². The average molecular weight is 541 g/mol. The van der Waals surface area contributed by atoms with E-state index in [9.17, 15) is 27.6 Å². The molecule has 0 aromatic heterocycles. The first-order valence-electron chi connectivity index (χ1n) is 11.6. The number of piperidine rings is 1. The fraction of sp³-hybridized carbons (Fsp3) is 0.400. The molecule has 0 spiro atoms. The Morgan fingerprint density at radius 2 is 1.76 bits per heavy atom. The van der Waals surface area contributed by atoms with Gasteiger partial charge in [-0.15, -0.1) is 0 Å². The van der Waals surface area contributed by atoms with E-state index in [2.05, 4.69) is 10.6 Å². The third kappa shape index (κ3) is 7.14. The Labute approximate surface area is 217 Å². The largest absolute Gasteiger partial charge is 0.448 e. The maximum atomic E-state index is 13.3. The minimum absolute atomic E-state index is 0.108. The predicted octanol–water partition coefficient (Wildman–Crippen LogP) is 4.10. The van der Waals surface area contributed by atoms with Gasteiger partial charge in [-0.1, -0.05) is 23.7 Å². The molecule has 2 aromatic carbocycles. The molecule has 12 heteroatoms. The van der Waals surface area contributed by atoms with Crippen molar-refractivity contribution in [2.45, 2.75) is 32.5 Å². The Kier molecular flexibility index (Phi) is 9.03. The fourth-order valence-corrected chi connectivity index (χ4v) is 4.25. The molecule has 3 amide bonds. The molecule has 0 aliphatic carbocycles. The minimum Gasteiger partial charge on any atom is -0.448 e. The average Bonchev–Trinajstić information content (AvgIpc) is 2.87. The Balaban J connectivity index is 1.67. The standard InChI is InChI=1S/C25H28ClF3N4O4/c1-16-17(3-2-4-20(16)26)14-31-22(35)24(9-11-33(12-10-24)21(34)13-30)15-37-23(36)32-19-7-5-18(6-8-19)25(27,28)29/h2-8H,9-15,30H2,1H3,(H,31,35)(H,32,36). The molecule has 0 radical (unpaired) electrons. The zero-order chi connectivity index (χ0) is 27.2.